The third-order valence-corrected chi connectivity index (χ3v) is 3.06. The van der Waals surface area contributed by atoms with Gasteiger partial charge in [0.2, 0.25) is 5.91 Å². The van der Waals surface area contributed by atoms with Crippen LogP contribution in [-0.2, 0) is 4.79 Å². The normalized spacial score (nSPS) is 10.2. The summed E-state index contributed by atoms with van der Waals surface area (Å²) in [7, 11) is 0. The van der Waals surface area contributed by atoms with E-state index in [9.17, 15) is 13.6 Å². The summed E-state index contributed by atoms with van der Waals surface area (Å²) < 4.78 is 27.0. The second-order valence-corrected chi connectivity index (χ2v) is 4.42. The van der Waals surface area contributed by atoms with E-state index in [0.717, 1.165) is 17.8 Å². The summed E-state index contributed by atoms with van der Waals surface area (Å²) in [6.45, 7) is 2.14. The lowest BCUT2D eigenvalue weighted by atomic mass is 10.2. The van der Waals surface area contributed by atoms with E-state index in [2.05, 4.69) is 5.32 Å². The number of anilines is 2. The second kappa shape index (κ2) is 6.83. The standard InChI is InChI=1S/C16H16F2N2O/c1-2-20(12-7-4-3-5-8-12)15(21)11-19-16-13(17)9-6-10-14(16)18/h3-10,19H,2,11H2,1H3. The van der Waals surface area contributed by atoms with Crippen LogP contribution in [0.3, 0.4) is 0 Å². The van der Waals surface area contributed by atoms with Crippen molar-refractivity contribution >= 4 is 17.3 Å². The fourth-order valence-corrected chi connectivity index (χ4v) is 2.04. The highest BCUT2D eigenvalue weighted by atomic mass is 19.1. The Labute approximate surface area is 122 Å². The molecule has 0 aromatic heterocycles. The molecule has 0 heterocycles. The number of carbonyl (C=O) groups is 1. The summed E-state index contributed by atoms with van der Waals surface area (Å²) >= 11 is 0. The SMILES string of the molecule is CCN(C(=O)CNc1c(F)cccc1F)c1ccccc1. The molecular weight excluding hydrogens is 274 g/mol. The Morgan fingerprint density at radius 3 is 2.24 bits per heavy atom. The largest absolute Gasteiger partial charge is 0.371 e. The van der Waals surface area contributed by atoms with Gasteiger partial charge in [0.15, 0.2) is 0 Å². The van der Waals surface area contributed by atoms with Gasteiger partial charge in [0.05, 0.1) is 6.54 Å². The van der Waals surface area contributed by atoms with Crippen LogP contribution >= 0.6 is 0 Å². The Morgan fingerprint density at radius 2 is 1.67 bits per heavy atom. The van der Waals surface area contributed by atoms with Crippen LogP contribution in [0.15, 0.2) is 48.5 Å². The number of benzene rings is 2. The van der Waals surface area contributed by atoms with E-state index >= 15 is 0 Å². The maximum Gasteiger partial charge on any atom is 0.246 e. The van der Waals surface area contributed by atoms with Crippen molar-refractivity contribution in [1.82, 2.24) is 0 Å². The maximum absolute atomic E-state index is 13.5. The molecule has 0 spiro atoms. The molecule has 0 atom stereocenters. The van der Waals surface area contributed by atoms with Gasteiger partial charge in [-0.25, -0.2) is 8.78 Å². The lowest BCUT2D eigenvalue weighted by molar-refractivity contribution is -0.116. The van der Waals surface area contributed by atoms with Crippen molar-refractivity contribution in [2.24, 2.45) is 0 Å². The average molecular weight is 290 g/mol. The van der Waals surface area contributed by atoms with Gasteiger partial charge in [-0.1, -0.05) is 24.3 Å². The van der Waals surface area contributed by atoms with E-state index in [1.807, 2.05) is 37.3 Å². The quantitative estimate of drug-likeness (QED) is 0.915. The third kappa shape index (κ3) is 3.56. The fraction of sp³-hybridized carbons (Fsp3) is 0.188. The van der Waals surface area contributed by atoms with E-state index in [0.29, 0.717) is 6.54 Å². The van der Waals surface area contributed by atoms with Crippen LogP contribution < -0.4 is 10.2 Å². The summed E-state index contributed by atoms with van der Waals surface area (Å²) in [4.78, 5) is 13.7. The Bertz CT molecular complexity index is 597. The Kier molecular flexibility index (Phi) is 4.87. The highest BCUT2D eigenvalue weighted by Crippen LogP contribution is 2.18. The highest BCUT2D eigenvalue weighted by molar-refractivity contribution is 5.96. The van der Waals surface area contributed by atoms with Gasteiger partial charge >= 0.3 is 0 Å². The number of amides is 1. The number of para-hydroxylation sites is 2. The molecule has 21 heavy (non-hydrogen) atoms. The molecule has 2 rings (SSSR count). The number of nitrogens with one attached hydrogen (secondary N) is 1. The maximum atomic E-state index is 13.5. The third-order valence-electron chi connectivity index (χ3n) is 3.06. The van der Waals surface area contributed by atoms with E-state index in [1.54, 1.807) is 4.90 Å². The summed E-state index contributed by atoms with van der Waals surface area (Å²) in [6, 6.07) is 12.7. The first-order chi connectivity index (χ1) is 10.1. The van der Waals surface area contributed by atoms with Crippen LogP contribution in [0.25, 0.3) is 0 Å². The van der Waals surface area contributed by atoms with Gasteiger partial charge in [-0.05, 0) is 31.2 Å². The lowest BCUT2D eigenvalue weighted by Gasteiger charge is -2.21. The van der Waals surface area contributed by atoms with Crippen LogP contribution in [0.1, 0.15) is 6.92 Å². The van der Waals surface area contributed by atoms with Crippen LogP contribution in [-0.4, -0.2) is 19.0 Å². The van der Waals surface area contributed by atoms with Crippen LogP contribution in [0.5, 0.6) is 0 Å². The van der Waals surface area contributed by atoms with Gasteiger partial charge in [-0.3, -0.25) is 4.79 Å². The molecule has 2 aromatic carbocycles. The lowest BCUT2D eigenvalue weighted by Crippen LogP contribution is -2.35. The number of rotatable bonds is 5. The number of hydrogen-bond donors (Lipinski definition) is 1. The molecule has 110 valence electrons. The zero-order chi connectivity index (χ0) is 15.2. The van der Waals surface area contributed by atoms with Crippen LogP contribution in [0.4, 0.5) is 20.2 Å². The summed E-state index contributed by atoms with van der Waals surface area (Å²) in [5.41, 5.74) is 0.468. The van der Waals surface area contributed by atoms with Crippen LogP contribution in [0.2, 0.25) is 0 Å². The molecule has 1 amide bonds. The molecule has 0 saturated heterocycles. The van der Waals surface area contributed by atoms with Crippen LogP contribution in [0, 0.1) is 11.6 Å². The predicted molar refractivity (Wildman–Crippen MR) is 79.3 cm³/mol. The van der Waals surface area contributed by atoms with Gasteiger partial charge in [0, 0.05) is 12.2 Å². The minimum Gasteiger partial charge on any atom is -0.371 e. The molecule has 0 aliphatic heterocycles. The molecule has 5 heteroatoms. The first-order valence-corrected chi connectivity index (χ1v) is 6.66. The number of nitrogens with zero attached hydrogens (tertiary/aromatic N) is 1. The molecule has 0 radical (unpaired) electrons. The molecule has 0 unspecified atom stereocenters. The number of hydrogen-bond acceptors (Lipinski definition) is 2. The van der Waals surface area contributed by atoms with Gasteiger partial charge in [-0.15, -0.1) is 0 Å². The first-order valence-electron chi connectivity index (χ1n) is 6.66. The molecule has 0 aliphatic rings. The second-order valence-electron chi connectivity index (χ2n) is 4.42. The van der Waals surface area contributed by atoms with Gasteiger partial charge in [0.25, 0.3) is 0 Å². The molecular formula is C16H16F2N2O. The summed E-state index contributed by atoms with van der Waals surface area (Å²) in [6.07, 6.45) is 0. The Hall–Kier alpha value is -2.43. The molecule has 0 bridgehead atoms. The van der Waals surface area contributed by atoms with Crippen molar-refractivity contribution in [1.29, 1.82) is 0 Å². The molecule has 1 N–H and O–H groups in total. The molecule has 0 aliphatic carbocycles. The smallest absolute Gasteiger partial charge is 0.246 e. The average Bonchev–Trinajstić information content (AvgIpc) is 2.48. The van der Waals surface area contributed by atoms with Gasteiger partial charge in [0.1, 0.15) is 17.3 Å². The van der Waals surface area contributed by atoms with Crippen molar-refractivity contribution < 1.29 is 13.6 Å². The summed E-state index contributed by atoms with van der Waals surface area (Å²) in [5, 5.41) is 2.52. The van der Waals surface area contributed by atoms with E-state index < -0.39 is 11.6 Å². The van der Waals surface area contributed by atoms with Gasteiger partial charge in [-0.2, -0.15) is 0 Å². The number of likely N-dealkylation sites (N-methyl/N-ethyl adjacent to an activating group) is 1. The van der Waals surface area contributed by atoms with E-state index in [1.165, 1.54) is 6.07 Å². The Balaban J connectivity index is 2.07. The molecule has 0 saturated carbocycles. The molecule has 3 nitrogen and oxygen atoms in total. The Morgan fingerprint density at radius 1 is 1.05 bits per heavy atom. The van der Waals surface area contributed by atoms with Gasteiger partial charge < -0.3 is 10.2 Å². The zero-order valence-corrected chi connectivity index (χ0v) is 11.6. The first kappa shape index (κ1) is 15.0. The number of halogens is 2. The predicted octanol–water partition coefficient (Wildman–Crippen LogP) is 3.43. The van der Waals surface area contributed by atoms with Crippen molar-refractivity contribution in [2.75, 3.05) is 23.3 Å². The fourth-order valence-electron chi connectivity index (χ4n) is 2.04. The summed E-state index contributed by atoms with van der Waals surface area (Å²) in [5.74, 6) is -1.69. The number of carbonyl (C=O) groups excluding carboxylic acids is 1. The van der Waals surface area contributed by atoms with E-state index in [4.69, 9.17) is 0 Å². The highest BCUT2D eigenvalue weighted by Gasteiger charge is 2.15. The van der Waals surface area contributed by atoms with Crippen molar-refractivity contribution in [3.63, 3.8) is 0 Å². The minimum atomic E-state index is -0.717. The van der Waals surface area contributed by atoms with Crippen molar-refractivity contribution in [2.45, 2.75) is 6.92 Å². The van der Waals surface area contributed by atoms with E-state index in [-0.39, 0.29) is 18.1 Å². The van der Waals surface area contributed by atoms with Crippen molar-refractivity contribution in [3.8, 4) is 0 Å². The monoisotopic (exact) mass is 290 g/mol. The topological polar surface area (TPSA) is 32.3 Å². The molecule has 2 aromatic rings. The minimum absolute atomic E-state index is 0.180. The zero-order valence-electron chi connectivity index (χ0n) is 11.6. The van der Waals surface area contributed by atoms with Crippen molar-refractivity contribution in [3.05, 3.63) is 60.2 Å². The molecule has 0 fully saturated rings.